The van der Waals surface area contributed by atoms with Crippen molar-refractivity contribution in [3.05, 3.63) is 35.4 Å². The second-order valence-electron chi connectivity index (χ2n) is 7.27. The highest BCUT2D eigenvalue weighted by Crippen LogP contribution is 2.28. The summed E-state index contributed by atoms with van der Waals surface area (Å²) >= 11 is 1.52. The zero-order valence-electron chi connectivity index (χ0n) is 14.7. The molecule has 2 rings (SSSR count). The van der Waals surface area contributed by atoms with Crippen molar-refractivity contribution in [1.82, 2.24) is 10.6 Å². The van der Waals surface area contributed by atoms with Crippen LogP contribution < -0.4 is 10.6 Å². The van der Waals surface area contributed by atoms with Crippen molar-refractivity contribution >= 4 is 29.5 Å². The molecule has 7 heteroatoms. The maximum absolute atomic E-state index is 12.4. The summed E-state index contributed by atoms with van der Waals surface area (Å²) in [6.07, 6.45) is 0.426. The summed E-state index contributed by atoms with van der Waals surface area (Å²) in [7, 11) is 0. The summed E-state index contributed by atoms with van der Waals surface area (Å²) in [4.78, 5) is 35.7. The van der Waals surface area contributed by atoms with Crippen molar-refractivity contribution in [3.8, 4) is 0 Å². The highest BCUT2D eigenvalue weighted by Gasteiger charge is 2.43. The lowest BCUT2D eigenvalue weighted by molar-refractivity contribution is -0.143. The second-order valence-corrected chi connectivity index (χ2v) is 8.38. The van der Waals surface area contributed by atoms with E-state index in [9.17, 15) is 19.5 Å². The van der Waals surface area contributed by atoms with Crippen LogP contribution in [0.4, 0.5) is 0 Å². The molecule has 0 bridgehead atoms. The monoisotopic (exact) mass is 364 g/mol. The summed E-state index contributed by atoms with van der Waals surface area (Å²) in [6.45, 7) is 5.91. The van der Waals surface area contributed by atoms with Crippen molar-refractivity contribution in [2.24, 2.45) is 5.41 Å². The second kappa shape index (κ2) is 7.47. The van der Waals surface area contributed by atoms with Crippen molar-refractivity contribution in [2.75, 3.05) is 11.5 Å². The number of hydrogen-bond acceptors (Lipinski definition) is 4. The average molecular weight is 364 g/mol. The number of nitrogens with one attached hydrogen (secondary N) is 2. The molecule has 1 unspecified atom stereocenters. The number of thioether (sulfide) groups is 1. The Kier molecular flexibility index (Phi) is 5.77. The Bertz CT molecular complexity index is 659. The number of carbonyl (C=O) groups excluding carboxylic acids is 2. The van der Waals surface area contributed by atoms with Crippen molar-refractivity contribution in [2.45, 2.75) is 39.3 Å². The third kappa shape index (κ3) is 4.75. The average Bonchev–Trinajstić information content (AvgIpc) is 3.02. The molecule has 1 fully saturated rings. The first-order valence-corrected chi connectivity index (χ1v) is 9.30. The molecule has 1 heterocycles. The first-order chi connectivity index (χ1) is 11.6. The lowest BCUT2D eigenvalue weighted by Crippen LogP contribution is -2.54. The minimum Gasteiger partial charge on any atom is -0.479 e. The normalized spacial score (nSPS) is 20.1. The summed E-state index contributed by atoms with van der Waals surface area (Å²) < 4.78 is 0. The van der Waals surface area contributed by atoms with E-state index >= 15 is 0 Å². The van der Waals surface area contributed by atoms with E-state index in [1.54, 1.807) is 24.3 Å². The minimum atomic E-state index is -1.18. The van der Waals surface area contributed by atoms with E-state index in [-0.39, 0.29) is 5.91 Å². The summed E-state index contributed by atoms with van der Waals surface area (Å²) in [6, 6.07) is 6.81. The molecule has 1 saturated heterocycles. The van der Waals surface area contributed by atoms with Crippen LogP contribution in [0.3, 0.4) is 0 Å². The molecule has 25 heavy (non-hydrogen) atoms. The molecule has 0 spiro atoms. The van der Waals surface area contributed by atoms with E-state index in [0.29, 0.717) is 24.3 Å². The van der Waals surface area contributed by atoms with Gasteiger partial charge in [-0.1, -0.05) is 32.9 Å². The Hall–Kier alpha value is -2.02. The van der Waals surface area contributed by atoms with Gasteiger partial charge in [0, 0.05) is 23.3 Å². The van der Waals surface area contributed by atoms with Gasteiger partial charge in [-0.15, -0.1) is 0 Å². The van der Waals surface area contributed by atoms with Gasteiger partial charge in [0.2, 0.25) is 5.91 Å². The maximum atomic E-state index is 12.4. The number of rotatable bonds is 5. The highest BCUT2D eigenvalue weighted by atomic mass is 32.2. The van der Waals surface area contributed by atoms with Crippen molar-refractivity contribution in [3.63, 3.8) is 0 Å². The number of carbonyl (C=O) groups is 3. The molecule has 6 nitrogen and oxygen atoms in total. The van der Waals surface area contributed by atoms with Gasteiger partial charge < -0.3 is 15.7 Å². The molecule has 1 aromatic rings. The first-order valence-electron chi connectivity index (χ1n) is 8.15. The van der Waals surface area contributed by atoms with Crippen LogP contribution in [0.5, 0.6) is 0 Å². The van der Waals surface area contributed by atoms with Gasteiger partial charge in [-0.3, -0.25) is 9.59 Å². The fraction of sp³-hybridized carbons (Fsp3) is 0.500. The third-order valence-corrected chi connectivity index (χ3v) is 5.32. The molecule has 3 N–H and O–H groups in total. The molecule has 0 aromatic heterocycles. The van der Waals surface area contributed by atoms with Crippen molar-refractivity contribution < 1.29 is 19.5 Å². The number of carboxylic acids is 1. The number of aliphatic carboxylic acids is 1. The number of benzene rings is 1. The van der Waals surface area contributed by atoms with Crippen LogP contribution in [0.1, 0.15) is 43.1 Å². The van der Waals surface area contributed by atoms with Crippen LogP contribution in [-0.2, 0) is 16.1 Å². The Morgan fingerprint density at radius 3 is 2.32 bits per heavy atom. The lowest BCUT2D eigenvalue weighted by atomic mass is 9.95. The zero-order chi connectivity index (χ0) is 18.7. The molecule has 0 radical (unpaired) electrons. The fourth-order valence-corrected chi connectivity index (χ4v) is 3.72. The molecule has 1 aliphatic rings. The number of amides is 2. The Balaban J connectivity index is 1.98. The smallest absolute Gasteiger partial charge is 0.330 e. The molecule has 1 atom stereocenters. The van der Waals surface area contributed by atoms with E-state index in [1.165, 1.54) is 11.8 Å². The molecule has 2 amide bonds. The summed E-state index contributed by atoms with van der Waals surface area (Å²) in [5, 5.41) is 14.9. The molecule has 136 valence electrons. The van der Waals surface area contributed by atoms with Gasteiger partial charge in [0.15, 0.2) is 0 Å². The van der Waals surface area contributed by atoms with Gasteiger partial charge >= 0.3 is 5.97 Å². The van der Waals surface area contributed by atoms with E-state index in [1.807, 2.05) is 20.8 Å². The predicted molar refractivity (Wildman–Crippen MR) is 97.5 cm³/mol. The van der Waals surface area contributed by atoms with Gasteiger partial charge in [-0.2, -0.15) is 11.8 Å². The zero-order valence-corrected chi connectivity index (χ0v) is 15.5. The van der Waals surface area contributed by atoms with Gasteiger partial charge in [0.1, 0.15) is 5.54 Å². The minimum absolute atomic E-state index is 0.0450. The van der Waals surface area contributed by atoms with Gasteiger partial charge in [0.25, 0.3) is 5.91 Å². The van der Waals surface area contributed by atoms with Gasteiger partial charge in [0.05, 0.1) is 0 Å². The predicted octanol–water partition coefficient (Wildman–Crippen LogP) is 2.04. The Labute approximate surface area is 151 Å². The van der Waals surface area contributed by atoms with Crippen LogP contribution in [0.2, 0.25) is 0 Å². The highest BCUT2D eigenvalue weighted by molar-refractivity contribution is 7.99. The summed E-state index contributed by atoms with van der Waals surface area (Å²) in [5.41, 5.74) is -0.354. The van der Waals surface area contributed by atoms with E-state index in [2.05, 4.69) is 10.6 Å². The molecule has 0 saturated carbocycles. The quantitative estimate of drug-likeness (QED) is 0.743. The van der Waals surface area contributed by atoms with Crippen LogP contribution in [0.25, 0.3) is 0 Å². The number of hydrogen-bond donors (Lipinski definition) is 3. The van der Waals surface area contributed by atoms with Crippen LogP contribution in [0, 0.1) is 5.41 Å². The summed E-state index contributed by atoms with van der Waals surface area (Å²) in [5.74, 6) is -0.330. The van der Waals surface area contributed by atoms with Gasteiger partial charge in [-0.05, 0) is 29.9 Å². The van der Waals surface area contributed by atoms with Crippen LogP contribution in [0.15, 0.2) is 24.3 Å². The molecule has 1 aliphatic heterocycles. The van der Waals surface area contributed by atoms with Crippen LogP contribution >= 0.6 is 11.8 Å². The number of carboxylic acid groups (broad SMARTS) is 1. The maximum Gasteiger partial charge on any atom is 0.330 e. The Morgan fingerprint density at radius 2 is 1.84 bits per heavy atom. The molecule has 1 aromatic carbocycles. The van der Waals surface area contributed by atoms with Crippen molar-refractivity contribution in [1.29, 1.82) is 0 Å². The van der Waals surface area contributed by atoms with E-state index < -0.39 is 22.8 Å². The van der Waals surface area contributed by atoms with E-state index in [4.69, 9.17) is 0 Å². The third-order valence-electron chi connectivity index (χ3n) is 4.13. The molecular formula is C18H24N2O4S. The van der Waals surface area contributed by atoms with E-state index in [0.717, 1.165) is 11.3 Å². The molecular weight excluding hydrogens is 340 g/mol. The lowest BCUT2D eigenvalue weighted by Gasteiger charge is -2.24. The molecule has 0 aliphatic carbocycles. The standard InChI is InChI=1S/C18H24N2O4S/c1-17(2,3)15(22)19-10-12-4-6-13(7-5-12)14(21)20-18(16(23)24)8-9-25-11-18/h4-7H,8-11H2,1-3H3,(H,19,22)(H,20,21)(H,23,24). The SMILES string of the molecule is CC(C)(C)C(=O)NCc1ccc(C(=O)NC2(C(=O)O)CCSC2)cc1. The van der Waals surface area contributed by atoms with Gasteiger partial charge in [-0.25, -0.2) is 4.79 Å². The van der Waals surface area contributed by atoms with Crippen LogP contribution in [-0.4, -0.2) is 39.9 Å². The Morgan fingerprint density at radius 1 is 1.20 bits per heavy atom. The topological polar surface area (TPSA) is 95.5 Å². The fourth-order valence-electron chi connectivity index (χ4n) is 2.40. The largest absolute Gasteiger partial charge is 0.479 e. The first kappa shape index (κ1) is 19.3.